The van der Waals surface area contributed by atoms with Gasteiger partial charge < -0.3 is 20.1 Å². The van der Waals surface area contributed by atoms with Crippen LogP contribution in [0.25, 0.3) is 0 Å². The summed E-state index contributed by atoms with van der Waals surface area (Å²) in [6.07, 6.45) is 1.86. The molecule has 0 aromatic heterocycles. The van der Waals surface area contributed by atoms with E-state index in [1.54, 1.807) is 19.2 Å². The monoisotopic (exact) mass is 475 g/mol. The number of methoxy groups -OCH3 is 2. The van der Waals surface area contributed by atoms with Crippen LogP contribution >= 0.6 is 0 Å². The molecule has 0 aliphatic carbocycles. The number of hydrogen-bond donors (Lipinski definition) is 2. The van der Waals surface area contributed by atoms with E-state index in [2.05, 4.69) is 10.6 Å². The summed E-state index contributed by atoms with van der Waals surface area (Å²) in [5, 5.41) is 5.15. The van der Waals surface area contributed by atoms with Crippen LogP contribution in [0.15, 0.2) is 53.4 Å². The maximum atomic E-state index is 13.0. The molecule has 9 nitrogen and oxygen atoms in total. The third-order valence-corrected chi connectivity index (χ3v) is 7.52. The zero-order chi connectivity index (χ0) is 23.8. The van der Waals surface area contributed by atoms with Crippen LogP contribution in [0.4, 0.5) is 0 Å². The summed E-state index contributed by atoms with van der Waals surface area (Å²) in [4.78, 5) is 24.5. The van der Waals surface area contributed by atoms with Crippen molar-refractivity contribution in [3.8, 4) is 11.5 Å². The van der Waals surface area contributed by atoms with E-state index in [9.17, 15) is 18.0 Å². The lowest BCUT2D eigenvalue weighted by molar-refractivity contribution is -0.139. The molecule has 178 valence electrons. The van der Waals surface area contributed by atoms with Gasteiger partial charge in [0.2, 0.25) is 10.0 Å². The Morgan fingerprint density at radius 3 is 2.12 bits per heavy atom. The molecule has 1 atom stereocenters. The number of carbonyl (C=O) groups excluding carboxylic acids is 2. The molecule has 0 unspecified atom stereocenters. The number of benzene rings is 2. The number of nitrogens with one attached hydrogen (secondary N) is 2. The SMILES string of the molecule is COc1ccc(CCNC(=O)C(=O)NC[C@H]2CCCN2S(=O)(=O)c2ccc(OC)cc2)cc1. The number of sulfonamides is 1. The first-order chi connectivity index (χ1) is 15.8. The van der Waals surface area contributed by atoms with Crippen LogP contribution in [0.5, 0.6) is 11.5 Å². The second-order valence-electron chi connectivity index (χ2n) is 7.65. The molecule has 1 heterocycles. The zero-order valence-corrected chi connectivity index (χ0v) is 19.6. The number of ether oxygens (including phenoxy) is 2. The molecule has 33 heavy (non-hydrogen) atoms. The van der Waals surface area contributed by atoms with E-state index in [1.165, 1.54) is 23.5 Å². The normalized spacial score (nSPS) is 16.2. The van der Waals surface area contributed by atoms with Crippen LogP contribution in [0.2, 0.25) is 0 Å². The topological polar surface area (TPSA) is 114 Å². The molecule has 0 radical (unpaired) electrons. The van der Waals surface area contributed by atoms with E-state index in [4.69, 9.17) is 9.47 Å². The number of amides is 2. The van der Waals surface area contributed by atoms with E-state index in [0.717, 1.165) is 11.3 Å². The van der Waals surface area contributed by atoms with Gasteiger partial charge in [-0.1, -0.05) is 12.1 Å². The fourth-order valence-electron chi connectivity index (χ4n) is 3.70. The standard InChI is InChI=1S/C23H29N3O6S/c1-31-19-7-5-17(6-8-19)13-14-24-22(27)23(28)25-16-18-4-3-15-26(18)33(29,30)21-11-9-20(32-2)10-12-21/h5-12,18H,3-4,13-16H2,1-2H3,(H,24,27)(H,25,28)/t18-/m1/s1. The van der Waals surface area contributed by atoms with Crippen molar-refractivity contribution in [1.29, 1.82) is 0 Å². The van der Waals surface area contributed by atoms with Gasteiger partial charge in [-0.05, 0) is 61.2 Å². The van der Waals surface area contributed by atoms with E-state index < -0.39 is 27.9 Å². The molecule has 3 rings (SSSR count). The largest absolute Gasteiger partial charge is 0.497 e. The highest BCUT2D eigenvalue weighted by atomic mass is 32.2. The quantitative estimate of drug-likeness (QED) is 0.529. The molecule has 2 amide bonds. The number of nitrogens with zero attached hydrogens (tertiary/aromatic N) is 1. The predicted octanol–water partition coefficient (Wildman–Crippen LogP) is 1.33. The van der Waals surface area contributed by atoms with E-state index in [0.29, 0.717) is 38.1 Å². The van der Waals surface area contributed by atoms with Crippen molar-refractivity contribution in [2.45, 2.75) is 30.2 Å². The average molecular weight is 476 g/mol. The first-order valence-corrected chi connectivity index (χ1v) is 12.1. The maximum Gasteiger partial charge on any atom is 0.309 e. The van der Waals surface area contributed by atoms with Crippen LogP contribution in [0.3, 0.4) is 0 Å². The van der Waals surface area contributed by atoms with Gasteiger partial charge in [0.25, 0.3) is 0 Å². The third kappa shape index (κ3) is 6.23. The van der Waals surface area contributed by atoms with E-state index >= 15 is 0 Å². The number of rotatable bonds is 9. The lowest BCUT2D eigenvalue weighted by Gasteiger charge is -2.24. The van der Waals surface area contributed by atoms with Gasteiger partial charge in [0.15, 0.2) is 0 Å². The van der Waals surface area contributed by atoms with E-state index in [-0.39, 0.29) is 11.4 Å². The molecular formula is C23H29N3O6S. The zero-order valence-electron chi connectivity index (χ0n) is 18.7. The minimum atomic E-state index is -3.71. The highest BCUT2D eigenvalue weighted by Gasteiger charge is 2.35. The average Bonchev–Trinajstić information content (AvgIpc) is 3.32. The molecule has 1 aliphatic heterocycles. The minimum absolute atomic E-state index is 0.0696. The Kier molecular flexibility index (Phi) is 8.29. The molecule has 10 heteroatoms. The molecule has 2 aromatic carbocycles. The first kappa shape index (κ1) is 24.5. The van der Waals surface area contributed by atoms with Gasteiger partial charge in [0.05, 0.1) is 19.1 Å². The summed E-state index contributed by atoms with van der Waals surface area (Å²) in [6, 6.07) is 13.2. The van der Waals surface area contributed by atoms with Gasteiger partial charge in [-0.25, -0.2) is 8.42 Å². The Bertz CT molecular complexity index is 1050. The Labute approximate surface area is 194 Å². The van der Waals surface area contributed by atoms with Crippen molar-refractivity contribution in [3.63, 3.8) is 0 Å². The lowest BCUT2D eigenvalue weighted by Crippen LogP contribution is -2.47. The van der Waals surface area contributed by atoms with E-state index in [1.807, 2.05) is 24.3 Å². The van der Waals surface area contributed by atoms with Crippen LogP contribution < -0.4 is 20.1 Å². The van der Waals surface area contributed by atoms with Crippen molar-refractivity contribution >= 4 is 21.8 Å². The van der Waals surface area contributed by atoms with Gasteiger partial charge in [0, 0.05) is 25.7 Å². The molecule has 1 aliphatic rings. The van der Waals surface area contributed by atoms with Crippen LogP contribution in [-0.4, -0.2) is 64.4 Å². The van der Waals surface area contributed by atoms with Gasteiger partial charge in [-0.2, -0.15) is 4.31 Å². The highest BCUT2D eigenvalue weighted by molar-refractivity contribution is 7.89. The smallest absolute Gasteiger partial charge is 0.309 e. The minimum Gasteiger partial charge on any atom is -0.497 e. The Hall–Kier alpha value is -3.11. The molecule has 1 fully saturated rings. The summed E-state index contributed by atoms with van der Waals surface area (Å²) >= 11 is 0. The first-order valence-electron chi connectivity index (χ1n) is 10.7. The van der Waals surface area contributed by atoms with Crippen molar-refractivity contribution in [2.24, 2.45) is 0 Å². The van der Waals surface area contributed by atoms with Gasteiger partial charge in [-0.3, -0.25) is 9.59 Å². The predicted molar refractivity (Wildman–Crippen MR) is 123 cm³/mol. The van der Waals surface area contributed by atoms with Gasteiger partial charge in [0.1, 0.15) is 11.5 Å². The molecule has 2 aromatic rings. The summed E-state index contributed by atoms with van der Waals surface area (Å²) in [5.74, 6) is -0.209. The summed E-state index contributed by atoms with van der Waals surface area (Å²) in [5.41, 5.74) is 1.00. The van der Waals surface area contributed by atoms with Crippen molar-refractivity contribution < 1.29 is 27.5 Å². The second-order valence-corrected chi connectivity index (χ2v) is 9.54. The van der Waals surface area contributed by atoms with Crippen molar-refractivity contribution in [2.75, 3.05) is 33.9 Å². The Morgan fingerprint density at radius 1 is 0.939 bits per heavy atom. The van der Waals surface area contributed by atoms with Crippen LogP contribution in [0, 0.1) is 0 Å². The number of carbonyl (C=O) groups is 2. The summed E-state index contributed by atoms with van der Waals surface area (Å²) in [7, 11) is -0.612. The highest BCUT2D eigenvalue weighted by Crippen LogP contribution is 2.26. The summed E-state index contributed by atoms with van der Waals surface area (Å²) < 4.78 is 37.6. The summed E-state index contributed by atoms with van der Waals surface area (Å²) in [6.45, 7) is 0.739. The molecule has 1 saturated heterocycles. The third-order valence-electron chi connectivity index (χ3n) is 5.55. The molecule has 0 saturated carbocycles. The van der Waals surface area contributed by atoms with Crippen molar-refractivity contribution in [3.05, 3.63) is 54.1 Å². The van der Waals surface area contributed by atoms with Crippen LogP contribution in [0.1, 0.15) is 18.4 Å². The molecule has 0 spiro atoms. The fraction of sp³-hybridized carbons (Fsp3) is 0.391. The Balaban J connectivity index is 1.49. The van der Waals surface area contributed by atoms with Gasteiger partial charge >= 0.3 is 11.8 Å². The van der Waals surface area contributed by atoms with Gasteiger partial charge in [-0.15, -0.1) is 0 Å². The molecule has 2 N–H and O–H groups in total. The van der Waals surface area contributed by atoms with Crippen molar-refractivity contribution in [1.82, 2.24) is 14.9 Å². The molecule has 0 bridgehead atoms. The Morgan fingerprint density at radius 2 is 1.52 bits per heavy atom. The van der Waals surface area contributed by atoms with Crippen LogP contribution in [-0.2, 0) is 26.0 Å². The maximum absolute atomic E-state index is 13.0. The fourth-order valence-corrected chi connectivity index (χ4v) is 5.39. The number of hydrogen-bond acceptors (Lipinski definition) is 6. The lowest BCUT2D eigenvalue weighted by atomic mass is 10.1. The molecular weight excluding hydrogens is 446 g/mol. The second kappa shape index (κ2) is 11.2.